The second-order valence-electron chi connectivity index (χ2n) is 7.45. The SMILES string of the molecule is CC(C)(C)C1CCC(CNC(=O)C2(N)CC2)CC1.Cl. The average Bonchev–Trinajstić information content (AvgIpc) is 3.05. The van der Waals surface area contributed by atoms with Gasteiger partial charge in [0.1, 0.15) is 0 Å². The van der Waals surface area contributed by atoms with Gasteiger partial charge in [0.25, 0.3) is 0 Å². The molecule has 1 amide bonds. The normalized spacial score (nSPS) is 29.3. The summed E-state index contributed by atoms with van der Waals surface area (Å²) in [5, 5.41) is 3.04. The number of hydrogen-bond donors (Lipinski definition) is 2. The number of hydrogen-bond acceptors (Lipinski definition) is 2. The fourth-order valence-corrected chi connectivity index (χ4v) is 3.01. The van der Waals surface area contributed by atoms with Crippen molar-refractivity contribution in [3.63, 3.8) is 0 Å². The summed E-state index contributed by atoms with van der Waals surface area (Å²) < 4.78 is 0. The molecule has 2 fully saturated rings. The Morgan fingerprint density at radius 1 is 1.21 bits per heavy atom. The molecule has 0 spiro atoms. The van der Waals surface area contributed by atoms with Crippen LogP contribution >= 0.6 is 12.4 Å². The highest BCUT2D eigenvalue weighted by Gasteiger charge is 2.45. The number of nitrogens with two attached hydrogens (primary N) is 1. The number of amides is 1. The first-order valence-corrected chi connectivity index (χ1v) is 7.38. The van der Waals surface area contributed by atoms with E-state index in [4.69, 9.17) is 5.73 Å². The standard InChI is InChI=1S/C15H28N2O.ClH/c1-14(2,3)12-6-4-11(5-7-12)10-17-13(18)15(16)8-9-15;/h11-12H,4-10,16H2,1-3H3,(H,17,18);1H. The van der Waals surface area contributed by atoms with Gasteiger partial charge in [0, 0.05) is 6.54 Å². The van der Waals surface area contributed by atoms with Crippen molar-refractivity contribution in [2.75, 3.05) is 6.54 Å². The van der Waals surface area contributed by atoms with Crippen molar-refractivity contribution < 1.29 is 4.79 Å². The lowest BCUT2D eigenvalue weighted by Crippen LogP contribution is -2.44. The van der Waals surface area contributed by atoms with Crippen molar-refractivity contribution in [3.05, 3.63) is 0 Å². The van der Waals surface area contributed by atoms with Crippen molar-refractivity contribution in [2.45, 2.75) is 64.8 Å². The maximum Gasteiger partial charge on any atom is 0.240 e. The van der Waals surface area contributed by atoms with Crippen LogP contribution in [0.2, 0.25) is 0 Å². The van der Waals surface area contributed by atoms with Crippen molar-refractivity contribution in [3.8, 4) is 0 Å². The van der Waals surface area contributed by atoms with Gasteiger partial charge in [-0.05, 0) is 55.8 Å². The third kappa shape index (κ3) is 4.35. The molecule has 0 unspecified atom stereocenters. The summed E-state index contributed by atoms with van der Waals surface area (Å²) in [7, 11) is 0. The van der Waals surface area contributed by atoms with E-state index in [2.05, 4.69) is 26.1 Å². The Balaban J connectivity index is 0.00000180. The molecule has 2 saturated carbocycles. The van der Waals surface area contributed by atoms with Crippen LogP contribution < -0.4 is 11.1 Å². The van der Waals surface area contributed by atoms with E-state index in [1.165, 1.54) is 25.7 Å². The smallest absolute Gasteiger partial charge is 0.240 e. The van der Waals surface area contributed by atoms with E-state index in [1.54, 1.807) is 0 Å². The Morgan fingerprint density at radius 3 is 2.16 bits per heavy atom. The van der Waals surface area contributed by atoms with Crippen molar-refractivity contribution in [1.29, 1.82) is 0 Å². The molecule has 3 N–H and O–H groups in total. The maximum atomic E-state index is 11.8. The van der Waals surface area contributed by atoms with E-state index in [-0.39, 0.29) is 18.3 Å². The summed E-state index contributed by atoms with van der Waals surface area (Å²) in [5.41, 5.74) is 5.80. The summed E-state index contributed by atoms with van der Waals surface area (Å²) in [5.74, 6) is 1.57. The summed E-state index contributed by atoms with van der Waals surface area (Å²) in [6.07, 6.45) is 6.82. The molecule has 0 heterocycles. The van der Waals surface area contributed by atoms with Crippen LogP contribution in [0.3, 0.4) is 0 Å². The Bertz CT molecular complexity index is 313. The molecular formula is C15H29ClN2O. The van der Waals surface area contributed by atoms with Crippen LogP contribution in [-0.2, 0) is 4.79 Å². The zero-order valence-corrected chi connectivity index (χ0v) is 13.3. The van der Waals surface area contributed by atoms with Crippen LogP contribution in [0.25, 0.3) is 0 Å². The second-order valence-corrected chi connectivity index (χ2v) is 7.45. The van der Waals surface area contributed by atoms with Gasteiger partial charge < -0.3 is 11.1 Å². The molecule has 0 aromatic heterocycles. The Morgan fingerprint density at radius 2 is 1.74 bits per heavy atom. The van der Waals surface area contributed by atoms with Gasteiger partial charge in [-0.25, -0.2) is 0 Å². The third-order valence-corrected chi connectivity index (χ3v) is 4.86. The van der Waals surface area contributed by atoms with Crippen LogP contribution in [0, 0.1) is 17.3 Å². The number of carbonyl (C=O) groups is 1. The fourth-order valence-electron chi connectivity index (χ4n) is 3.01. The molecule has 2 aliphatic carbocycles. The van der Waals surface area contributed by atoms with Gasteiger partial charge >= 0.3 is 0 Å². The summed E-state index contributed by atoms with van der Waals surface area (Å²) in [4.78, 5) is 11.8. The van der Waals surface area contributed by atoms with Gasteiger partial charge in [-0.3, -0.25) is 4.79 Å². The molecule has 0 radical (unpaired) electrons. The molecule has 0 aromatic carbocycles. The van der Waals surface area contributed by atoms with Crippen molar-refractivity contribution in [1.82, 2.24) is 5.32 Å². The highest BCUT2D eigenvalue weighted by Crippen LogP contribution is 2.39. The average molecular weight is 289 g/mol. The van der Waals surface area contributed by atoms with Gasteiger partial charge in [0.15, 0.2) is 0 Å². The zero-order valence-electron chi connectivity index (χ0n) is 12.5. The number of rotatable bonds is 3. The van der Waals surface area contributed by atoms with E-state index < -0.39 is 5.54 Å². The first kappa shape index (κ1) is 16.8. The van der Waals surface area contributed by atoms with Crippen LogP contribution in [0.5, 0.6) is 0 Å². The molecular weight excluding hydrogens is 260 g/mol. The van der Waals surface area contributed by atoms with E-state index in [1.807, 2.05) is 0 Å². The molecule has 4 heteroatoms. The first-order valence-electron chi connectivity index (χ1n) is 7.38. The molecule has 0 atom stereocenters. The zero-order chi connectivity index (χ0) is 13.4. The Kier molecular flexibility index (Phi) is 5.30. The van der Waals surface area contributed by atoms with Gasteiger partial charge in [0.05, 0.1) is 5.54 Å². The van der Waals surface area contributed by atoms with Crippen LogP contribution in [0.15, 0.2) is 0 Å². The predicted molar refractivity (Wildman–Crippen MR) is 81.3 cm³/mol. The van der Waals surface area contributed by atoms with Gasteiger partial charge in [-0.2, -0.15) is 0 Å². The van der Waals surface area contributed by atoms with Crippen LogP contribution in [-0.4, -0.2) is 18.0 Å². The second kappa shape index (κ2) is 6.01. The molecule has 2 aliphatic rings. The largest absolute Gasteiger partial charge is 0.354 e. The molecule has 19 heavy (non-hydrogen) atoms. The van der Waals surface area contributed by atoms with E-state index >= 15 is 0 Å². The third-order valence-electron chi connectivity index (χ3n) is 4.86. The molecule has 0 aromatic rings. The molecule has 112 valence electrons. The Hall–Kier alpha value is -0.280. The summed E-state index contributed by atoms with van der Waals surface area (Å²) in [6.45, 7) is 7.84. The molecule has 0 bridgehead atoms. The van der Waals surface area contributed by atoms with E-state index in [0.717, 1.165) is 25.3 Å². The molecule has 2 rings (SSSR count). The quantitative estimate of drug-likeness (QED) is 0.839. The van der Waals surface area contributed by atoms with Crippen molar-refractivity contribution in [2.24, 2.45) is 23.0 Å². The minimum atomic E-state index is -0.511. The summed E-state index contributed by atoms with van der Waals surface area (Å²) in [6, 6.07) is 0. The van der Waals surface area contributed by atoms with E-state index in [9.17, 15) is 4.79 Å². The first-order chi connectivity index (χ1) is 8.31. The highest BCUT2D eigenvalue weighted by atomic mass is 35.5. The van der Waals surface area contributed by atoms with Crippen LogP contribution in [0.4, 0.5) is 0 Å². The lowest BCUT2D eigenvalue weighted by molar-refractivity contribution is -0.123. The molecule has 0 aliphatic heterocycles. The number of carbonyl (C=O) groups excluding carboxylic acids is 1. The highest BCUT2D eigenvalue weighted by molar-refractivity contribution is 5.88. The van der Waals surface area contributed by atoms with Gasteiger partial charge in [-0.1, -0.05) is 20.8 Å². The molecule has 0 saturated heterocycles. The topological polar surface area (TPSA) is 55.1 Å². The lowest BCUT2D eigenvalue weighted by Gasteiger charge is -2.37. The minimum absolute atomic E-state index is 0. The monoisotopic (exact) mass is 288 g/mol. The number of nitrogens with one attached hydrogen (secondary N) is 1. The van der Waals surface area contributed by atoms with Gasteiger partial charge in [-0.15, -0.1) is 12.4 Å². The maximum absolute atomic E-state index is 11.8. The fraction of sp³-hybridized carbons (Fsp3) is 0.933. The predicted octanol–water partition coefficient (Wildman–Crippen LogP) is 2.87. The van der Waals surface area contributed by atoms with Crippen LogP contribution in [0.1, 0.15) is 59.3 Å². The minimum Gasteiger partial charge on any atom is -0.354 e. The number of halogens is 1. The van der Waals surface area contributed by atoms with Gasteiger partial charge in [0.2, 0.25) is 5.91 Å². The lowest BCUT2D eigenvalue weighted by atomic mass is 9.70. The van der Waals surface area contributed by atoms with Crippen molar-refractivity contribution >= 4 is 18.3 Å². The molecule has 3 nitrogen and oxygen atoms in total. The summed E-state index contributed by atoms with van der Waals surface area (Å²) >= 11 is 0. The Labute approximate surface area is 123 Å². The van der Waals surface area contributed by atoms with E-state index in [0.29, 0.717) is 11.3 Å².